The predicted molar refractivity (Wildman–Crippen MR) is 195 cm³/mol. The molecular formula is C42H82Ni. The van der Waals surface area contributed by atoms with E-state index in [0.717, 1.165) is 12.8 Å². The molecule has 0 spiro atoms. The van der Waals surface area contributed by atoms with Crippen LogP contribution in [0.15, 0.2) is 12.2 Å². The van der Waals surface area contributed by atoms with Crippen LogP contribution in [0.5, 0.6) is 0 Å². The van der Waals surface area contributed by atoms with E-state index >= 15 is 0 Å². The molecule has 0 saturated heterocycles. The maximum absolute atomic E-state index is 5.37. The zero-order chi connectivity index (χ0) is 30.9. The van der Waals surface area contributed by atoms with Crippen molar-refractivity contribution in [1.82, 2.24) is 0 Å². The topological polar surface area (TPSA) is 0 Å². The van der Waals surface area contributed by atoms with Gasteiger partial charge in [-0.15, -0.1) is 0 Å². The Morgan fingerprint density at radius 3 is 0.535 bits per heavy atom. The van der Waals surface area contributed by atoms with Gasteiger partial charge in [-0.3, -0.25) is 12.2 Å². The zero-order valence-corrected chi connectivity index (χ0v) is 31.1. The molecule has 0 fully saturated rings. The van der Waals surface area contributed by atoms with Crippen molar-refractivity contribution in [2.45, 2.75) is 245 Å². The second-order valence-electron chi connectivity index (χ2n) is 13.4. The van der Waals surface area contributed by atoms with Crippen LogP contribution >= 0.6 is 0 Å². The average Bonchev–Trinajstić information content (AvgIpc) is 3.00. The standard InChI is InChI=1S/2C21H41.Ni/c2*1-3-5-7-9-11-13-15-17-19-21-20-18-16-14-12-10-8-6-4-2;/h2*1,3H,4-21H2,2H3;/q2*-1;+2. The van der Waals surface area contributed by atoms with Crippen molar-refractivity contribution in [2.75, 3.05) is 0 Å². The van der Waals surface area contributed by atoms with Crippen molar-refractivity contribution in [3.8, 4) is 0 Å². The quantitative estimate of drug-likeness (QED) is 0.0361. The third-order valence-electron chi connectivity index (χ3n) is 8.95. The van der Waals surface area contributed by atoms with Gasteiger partial charge in [-0.05, 0) is 0 Å². The van der Waals surface area contributed by atoms with Crippen molar-refractivity contribution in [1.29, 1.82) is 0 Å². The zero-order valence-electron chi connectivity index (χ0n) is 30.1. The molecule has 0 nitrogen and oxygen atoms in total. The fourth-order valence-electron chi connectivity index (χ4n) is 5.97. The van der Waals surface area contributed by atoms with E-state index in [4.69, 9.17) is 13.2 Å². The molecule has 0 saturated carbocycles. The van der Waals surface area contributed by atoms with E-state index in [1.807, 2.05) is 0 Å². The summed E-state index contributed by atoms with van der Waals surface area (Å²) in [6.07, 6.45) is 54.7. The average molecular weight is 646 g/mol. The maximum atomic E-state index is 5.37. The smallest absolute Gasteiger partial charge is 0.518 e. The molecule has 0 unspecified atom stereocenters. The van der Waals surface area contributed by atoms with E-state index in [2.05, 4.69) is 13.8 Å². The minimum Gasteiger partial charge on any atom is -0.518 e. The minimum absolute atomic E-state index is 0. The summed E-state index contributed by atoms with van der Waals surface area (Å²) in [6.45, 7) is 15.3. The van der Waals surface area contributed by atoms with Crippen LogP contribution in [0.2, 0.25) is 0 Å². The molecule has 260 valence electrons. The van der Waals surface area contributed by atoms with Crippen molar-refractivity contribution in [2.24, 2.45) is 0 Å². The summed E-state index contributed by atoms with van der Waals surface area (Å²) in [5.41, 5.74) is 0. The molecule has 0 rings (SSSR count). The molecule has 0 aliphatic carbocycles. The summed E-state index contributed by atoms with van der Waals surface area (Å²) in [7, 11) is 0. The summed E-state index contributed by atoms with van der Waals surface area (Å²) >= 11 is 0. The van der Waals surface area contributed by atoms with Crippen molar-refractivity contribution in [3.05, 3.63) is 25.3 Å². The number of unbranched alkanes of at least 4 members (excludes halogenated alkanes) is 34. The summed E-state index contributed by atoms with van der Waals surface area (Å²) in [6, 6.07) is 0. The molecule has 0 atom stereocenters. The van der Waals surface area contributed by atoms with Gasteiger partial charge in [-0.25, -0.2) is 0 Å². The summed E-state index contributed by atoms with van der Waals surface area (Å²) in [5.74, 6) is 0. The van der Waals surface area contributed by atoms with E-state index in [9.17, 15) is 0 Å². The Hall–Kier alpha value is -0.0265. The Labute approximate surface area is 285 Å². The van der Waals surface area contributed by atoms with Gasteiger partial charge in [0.1, 0.15) is 0 Å². The molecule has 0 aliphatic heterocycles. The van der Waals surface area contributed by atoms with E-state index < -0.39 is 0 Å². The van der Waals surface area contributed by atoms with Gasteiger partial charge < -0.3 is 13.2 Å². The van der Waals surface area contributed by atoms with Crippen LogP contribution in [-0.2, 0) is 16.5 Å². The molecule has 1 heteroatoms. The third kappa shape index (κ3) is 51.8. The largest absolute Gasteiger partial charge is 2.00 e. The van der Waals surface area contributed by atoms with Gasteiger partial charge in [-0.2, -0.15) is 0 Å². The third-order valence-corrected chi connectivity index (χ3v) is 8.95. The Bertz CT molecular complexity index is 414. The second-order valence-corrected chi connectivity index (χ2v) is 13.4. The summed E-state index contributed by atoms with van der Waals surface area (Å²) < 4.78 is 0. The Morgan fingerprint density at radius 1 is 0.256 bits per heavy atom. The van der Waals surface area contributed by atoms with Gasteiger partial charge in [0.2, 0.25) is 0 Å². The molecule has 0 aliphatic rings. The molecule has 0 N–H and O–H groups in total. The first-order valence-electron chi connectivity index (χ1n) is 19.9. The molecular weight excluding hydrogens is 563 g/mol. The minimum atomic E-state index is 0. The van der Waals surface area contributed by atoms with E-state index in [0.29, 0.717) is 0 Å². The van der Waals surface area contributed by atoms with Crippen molar-refractivity contribution < 1.29 is 16.5 Å². The Morgan fingerprint density at radius 2 is 0.395 bits per heavy atom. The van der Waals surface area contributed by atoms with Gasteiger partial charge in [0.25, 0.3) is 0 Å². The van der Waals surface area contributed by atoms with Gasteiger partial charge in [0, 0.05) is 0 Å². The van der Waals surface area contributed by atoms with Gasteiger partial charge in [-0.1, -0.05) is 245 Å². The van der Waals surface area contributed by atoms with Crippen LogP contribution in [0.25, 0.3) is 0 Å². The molecule has 0 aromatic rings. The van der Waals surface area contributed by atoms with E-state index in [-0.39, 0.29) is 16.5 Å². The summed E-state index contributed by atoms with van der Waals surface area (Å²) in [4.78, 5) is 0. The van der Waals surface area contributed by atoms with E-state index in [1.54, 1.807) is 12.2 Å². The summed E-state index contributed by atoms with van der Waals surface area (Å²) in [5, 5.41) is 0. The fourth-order valence-corrected chi connectivity index (χ4v) is 5.97. The molecule has 0 bridgehead atoms. The monoisotopic (exact) mass is 645 g/mol. The first kappa shape index (κ1) is 47.4. The Balaban J connectivity index is -0.000000727. The van der Waals surface area contributed by atoms with Gasteiger partial charge in [0.15, 0.2) is 0 Å². The first-order valence-corrected chi connectivity index (χ1v) is 19.9. The molecule has 0 aromatic carbocycles. The van der Waals surface area contributed by atoms with Crippen LogP contribution in [0.1, 0.15) is 245 Å². The van der Waals surface area contributed by atoms with Crippen LogP contribution in [0.4, 0.5) is 0 Å². The van der Waals surface area contributed by atoms with Crippen molar-refractivity contribution in [3.63, 3.8) is 0 Å². The SMILES string of the molecule is [CH-]=CCCCCCCCCCCCCCCCCCCC.[CH-]=CCCCCCCCCCCCCCCCCCCC.[Ni+2]. The number of hydrogen-bond donors (Lipinski definition) is 0. The van der Waals surface area contributed by atoms with Gasteiger partial charge in [0.05, 0.1) is 0 Å². The van der Waals surface area contributed by atoms with Crippen LogP contribution < -0.4 is 0 Å². The fraction of sp³-hybridized carbons (Fsp3) is 0.905. The molecule has 43 heavy (non-hydrogen) atoms. The van der Waals surface area contributed by atoms with Gasteiger partial charge >= 0.3 is 16.5 Å². The van der Waals surface area contributed by atoms with E-state index in [1.165, 1.54) is 218 Å². The maximum Gasteiger partial charge on any atom is 2.00 e. The number of hydrogen-bond acceptors (Lipinski definition) is 0. The molecule has 0 heterocycles. The first-order chi connectivity index (χ1) is 20.8. The normalized spacial score (nSPS) is 10.7. The molecule has 0 radical (unpaired) electrons. The number of rotatable bonds is 36. The van der Waals surface area contributed by atoms with Crippen LogP contribution in [0.3, 0.4) is 0 Å². The molecule has 0 amide bonds. The number of allylic oxidation sites excluding steroid dienone is 2. The second kappa shape index (κ2) is 48.9. The Kier molecular flexibility index (Phi) is 53.8. The molecule has 0 aromatic heterocycles. The van der Waals surface area contributed by atoms with Crippen LogP contribution in [-0.4, -0.2) is 0 Å². The predicted octanol–water partition coefficient (Wildman–Crippen LogP) is 16.0. The van der Waals surface area contributed by atoms with Crippen molar-refractivity contribution >= 4 is 0 Å². The van der Waals surface area contributed by atoms with Crippen LogP contribution in [0, 0.1) is 13.2 Å².